The number of amides is 1. The summed E-state index contributed by atoms with van der Waals surface area (Å²) >= 11 is 6.04. The summed E-state index contributed by atoms with van der Waals surface area (Å²) in [6, 6.07) is 9.00. The summed E-state index contributed by atoms with van der Waals surface area (Å²) in [5, 5.41) is 45.1. The van der Waals surface area contributed by atoms with Crippen LogP contribution in [0, 0.1) is 11.8 Å². The fourth-order valence-corrected chi connectivity index (χ4v) is 6.27. The molecule has 0 radical (unpaired) electrons. The van der Waals surface area contributed by atoms with E-state index in [2.05, 4.69) is 0 Å². The summed E-state index contributed by atoms with van der Waals surface area (Å²) in [6.45, 7) is 0. The van der Waals surface area contributed by atoms with Gasteiger partial charge in [0.05, 0.1) is 11.6 Å². The van der Waals surface area contributed by atoms with Crippen LogP contribution in [0.4, 0.5) is 0 Å². The number of aliphatic hydroxyl groups is 3. The largest absolute Gasteiger partial charge is 0.508 e. The number of phenolic OH excluding ortho intramolecular Hbond substituents is 1. The van der Waals surface area contributed by atoms with Crippen LogP contribution in [0.5, 0.6) is 5.75 Å². The lowest BCUT2D eigenvalue weighted by Gasteiger charge is -2.50. The number of ketones is 2. The molecule has 1 fully saturated rings. The number of carbonyl (C=O) groups excluding carboxylic acids is 3. The second-order valence-corrected chi connectivity index (χ2v) is 10.4. The van der Waals surface area contributed by atoms with Gasteiger partial charge in [0.15, 0.2) is 11.4 Å². The first-order valence-corrected chi connectivity index (χ1v) is 12.0. The Morgan fingerprint density at radius 1 is 1.08 bits per heavy atom. The lowest BCUT2D eigenvalue weighted by Crippen LogP contribution is -2.65. The van der Waals surface area contributed by atoms with Crippen molar-refractivity contribution in [1.29, 1.82) is 0 Å². The molecule has 0 unspecified atom stereocenters. The standard InChI is InChI=1S/C27H25ClN2O7/c1-30(2)21-16-10-12-9-15-14(11-3-5-13(28)6-4-11)7-8-17(31)19(15)22(32)18(12)24(34)27(16,37)25(35)20(23(21)33)26(29)36/h3-8,12,16,21,31-32,35,37H,9-10H2,1-2H3,(H2,29,36)/t12-,16-,21-,27-/m1/s1. The molecule has 2 aromatic carbocycles. The van der Waals surface area contributed by atoms with Crippen molar-refractivity contribution in [2.45, 2.75) is 24.5 Å². The molecule has 3 aliphatic carbocycles. The predicted molar refractivity (Wildman–Crippen MR) is 135 cm³/mol. The Morgan fingerprint density at radius 2 is 1.73 bits per heavy atom. The van der Waals surface area contributed by atoms with Gasteiger partial charge in [-0.25, -0.2) is 0 Å². The van der Waals surface area contributed by atoms with Crippen LogP contribution in [0.25, 0.3) is 16.9 Å². The minimum absolute atomic E-state index is 0.0292. The Hall–Kier alpha value is -3.66. The number of nitrogens with two attached hydrogens (primary N) is 1. The molecule has 1 saturated carbocycles. The van der Waals surface area contributed by atoms with Crippen molar-refractivity contribution in [3.05, 3.63) is 69.5 Å². The molecule has 9 nitrogen and oxygen atoms in total. The second-order valence-electron chi connectivity index (χ2n) is 9.95. The zero-order chi connectivity index (χ0) is 27.0. The van der Waals surface area contributed by atoms with E-state index < -0.39 is 58.0 Å². The molecule has 192 valence electrons. The number of aliphatic hydroxyl groups excluding tert-OH is 2. The highest BCUT2D eigenvalue weighted by molar-refractivity contribution is 6.30. The van der Waals surface area contributed by atoms with E-state index in [0.717, 1.165) is 5.56 Å². The second kappa shape index (κ2) is 8.44. The smallest absolute Gasteiger partial charge is 0.255 e. The van der Waals surface area contributed by atoms with Crippen LogP contribution in [0.2, 0.25) is 5.02 Å². The molecule has 1 amide bonds. The molecule has 0 aliphatic heterocycles. The molecule has 4 atom stereocenters. The van der Waals surface area contributed by atoms with Gasteiger partial charge in [0.25, 0.3) is 5.91 Å². The summed E-state index contributed by atoms with van der Waals surface area (Å²) in [5.41, 5.74) is 3.79. The number of rotatable bonds is 3. The first kappa shape index (κ1) is 25.0. The summed E-state index contributed by atoms with van der Waals surface area (Å²) in [5.74, 6) is -6.76. The predicted octanol–water partition coefficient (Wildman–Crippen LogP) is 2.28. The van der Waals surface area contributed by atoms with Crippen LogP contribution >= 0.6 is 11.6 Å². The summed E-state index contributed by atoms with van der Waals surface area (Å²) in [6.07, 6.45) is 0.238. The Balaban J connectivity index is 1.74. The highest BCUT2D eigenvalue weighted by Gasteiger charge is 2.64. The third-order valence-corrected chi connectivity index (χ3v) is 8.01. The Morgan fingerprint density at radius 3 is 2.32 bits per heavy atom. The first-order chi connectivity index (χ1) is 17.4. The third kappa shape index (κ3) is 3.42. The van der Waals surface area contributed by atoms with Gasteiger partial charge in [0, 0.05) is 16.5 Å². The number of Topliss-reactive ketones (excluding diaryl/α,β-unsaturated/α-hetero) is 2. The molecule has 3 aliphatic rings. The zero-order valence-corrected chi connectivity index (χ0v) is 20.8. The van der Waals surface area contributed by atoms with Gasteiger partial charge in [-0.2, -0.15) is 0 Å². The monoisotopic (exact) mass is 524 g/mol. The normalized spacial score (nSPS) is 27.2. The number of phenols is 1. The zero-order valence-electron chi connectivity index (χ0n) is 20.0. The number of fused-ring (bicyclic) bond motifs is 3. The van der Waals surface area contributed by atoms with Crippen LogP contribution < -0.4 is 5.73 Å². The fourth-order valence-electron chi connectivity index (χ4n) is 6.14. The maximum Gasteiger partial charge on any atom is 0.255 e. The number of nitrogens with zero attached hydrogens (tertiary/aromatic N) is 1. The first-order valence-electron chi connectivity index (χ1n) is 11.6. The molecule has 2 aromatic rings. The van der Waals surface area contributed by atoms with E-state index in [9.17, 15) is 34.8 Å². The lowest BCUT2D eigenvalue weighted by molar-refractivity contribution is -0.153. The van der Waals surface area contributed by atoms with Crippen LogP contribution in [-0.4, -0.2) is 68.5 Å². The number of benzene rings is 2. The summed E-state index contributed by atoms with van der Waals surface area (Å²) in [4.78, 5) is 40.5. The molecule has 0 bridgehead atoms. The molecular weight excluding hydrogens is 500 g/mol. The van der Waals surface area contributed by atoms with E-state index in [4.69, 9.17) is 17.3 Å². The number of halogens is 1. The maximum atomic E-state index is 13.9. The van der Waals surface area contributed by atoms with Gasteiger partial charge in [-0.15, -0.1) is 0 Å². The van der Waals surface area contributed by atoms with Gasteiger partial charge in [0.2, 0.25) is 5.78 Å². The maximum absolute atomic E-state index is 13.9. The van der Waals surface area contributed by atoms with Gasteiger partial charge in [0.1, 0.15) is 22.8 Å². The van der Waals surface area contributed by atoms with Crippen molar-refractivity contribution in [1.82, 2.24) is 4.90 Å². The number of primary amides is 1. The molecule has 0 heterocycles. The van der Waals surface area contributed by atoms with E-state index in [1.165, 1.54) is 11.0 Å². The van der Waals surface area contributed by atoms with E-state index >= 15 is 0 Å². The van der Waals surface area contributed by atoms with Crippen molar-refractivity contribution in [2.75, 3.05) is 14.1 Å². The molecule has 37 heavy (non-hydrogen) atoms. The number of aromatic hydroxyl groups is 1. The van der Waals surface area contributed by atoms with E-state index in [1.807, 2.05) is 0 Å². The molecule has 0 aromatic heterocycles. The number of hydrogen-bond donors (Lipinski definition) is 5. The van der Waals surface area contributed by atoms with Crippen molar-refractivity contribution in [3.63, 3.8) is 0 Å². The van der Waals surface area contributed by atoms with Crippen LogP contribution in [0.3, 0.4) is 0 Å². The van der Waals surface area contributed by atoms with Crippen LogP contribution in [0.1, 0.15) is 17.5 Å². The fraction of sp³-hybridized carbons (Fsp3) is 0.296. The molecule has 10 heteroatoms. The topological polar surface area (TPSA) is 161 Å². The van der Waals surface area contributed by atoms with Gasteiger partial charge < -0.3 is 26.2 Å². The number of hydrogen-bond acceptors (Lipinski definition) is 8. The molecule has 0 saturated heterocycles. The summed E-state index contributed by atoms with van der Waals surface area (Å²) in [7, 11) is 3.12. The van der Waals surface area contributed by atoms with Gasteiger partial charge in [-0.3, -0.25) is 19.3 Å². The molecular formula is C27H25ClN2O7. The number of likely N-dealkylation sites (N-methyl/N-ethyl adjacent to an activating group) is 1. The van der Waals surface area contributed by atoms with E-state index in [0.29, 0.717) is 16.1 Å². The van der Waals surface area contributed by atoms with Crippen molar-refractivity contribution >= 4 is 34.8 Å². The van der Waals surface area contributed by atoms with Gasteiger partial charge in [-0.1, -0.05) is 29.8 Å². The van der Waals surface area contributed by atoms with Crippen molar-refractivity contribution in [3.8, 4) is 16.9 Å². The minimum atomic E-state index is -2.66. The minimum Gasteiger partial charge on any atom is -0.508 e. The average Bonchev–Trinajstić information content (AvgIpc) is 2.82. The lowest BCUT2D eigenvalue weighted by atomic mass is 9.57. The Labute approximate surface area is 217 Å². The molecule has 0 spiro atoms. The van der Waals surface area contributed by atoms with Crippen molar-refractivity contribution in [2.24, 2.45) is 17.6 Å². The SMILES string of the molecule is CN(C)[C@H]1C(=O)C(C(N)=O)=C(O)[C@]2(O)C(=O)C3=C(O)c4c(O)ccc(-c5ccc(Cl)cc5)c4C[C@@H]3C[C@H]12. The van der Waals surface area contributed by atoms with Gasteiger partial charge in [-0.05, 0) is 67.7 Å². The molecule has 6 N–H and O–H groups in total. The van der Waals surface area contributed by atoms with Crippen LogP contribution in [0.15, 0.2) is 53.3 Å². The Bertz CT molecular complexity index is 1440. The van der Waals surface area contributed by atoms with Crippen LogP contribution in [-0.2, 0) is 20.8 Å². The third-order valence-electron chi connectivity index (χ3n) is 7.76. The van der Waals surface area contributed by atoms with Gasteiger partial charge >= 0.3 is 0 Å². The quantitative estimate of drug-likeness (QED) is 0.382. The number of carbonyl (C=O) groups is 3. The van der Waals surface area contributed by atoms with E-state index in [-0.39, 0.29) is 29.7 Å². The van der Waals surface area contributed by atoms with E-state index in [1.54, 1.807) is 44.4 Å². The average molecular weight is 525 g/mol. The highest BCUT2D eigenvalue weighted by atomic mass is 35.5. The summed E-state index contributed by atoms with van der Waals surface area (Å²) < 4.78 is 0. The molecule has 5 rings (SSSR count). The van der Waals surface area contributed by atoms with Crippen molar-refractivity contribution < 1.29 is 34.8 Å². The highest BCUT2D eigenvalue weighted by Crippen LogP contribution is 2.53. The Kier molecular flexibility index (Phi) is 5.71.